The SMILES string of the molecule is CS(=O)(=O)Nc1cccc(C2=NN(S(=O)(=O)c3ccc(F)cc3)[C@@H](c3cccc([N+](=O)[O-])c3)C2)c1. The quantitative estimate of drug-likeness (QED) is 0.374. The Morgan fingerprint density at radius 1 is 1.03 bits per heavy atom. The first-order valence-corrected chi connectivity index (χ1v) is 13.5. The van der Waals surface area contributed by atoms with Crippen LogP contribution in [-0.2, 0) is 20.0 Å². The molecule has 1 aliphatic rings. The molecule has 0 fully saturated rings. The zero-order chi connectivity index (χ0) is 25.4. The number of nitro benzene ring substituents is 1. The lowest BCUT2D eigenvalue weighted by molar-refractivity contribution is -0.384. The van der Waals surface area contributed by atoms with Crippen molar-refractivity contribution in [3.63, 3.8) is 0 Å². The van der Waals surface area contributed by atoms with Gasteiger partial charge in [0.2, 0.25) is 10.0 Å². The van der Waals surface area contributed by atoms with E-state index in [4.69, 9.17) is 0 Å². The lowest BCUT2D eigenvalue weighted by Gasteiger charge is -2.23. The second-order valence-corrected chi connectivity index (χ2v) is 11.3. The molecule has 0 radical (unpaired) electrons. The van der Waals surface area contributed by atoms with Gasteiger partial charge >= 0.3 is 0 Å². The third-order valence-electron chi connectivity index (χ3n) is 5.20. The fourth-order valence-electron chi connectivity index (χ4n) is 3.67. The molecule has 0 bridgehead atoms. The molecule has 0 saturated heterocycles. The summed E-state index contributed by atoms with van der Waals surface area (Å²) in [4.78, 5) is 10.5. The number of benzene rings is 3. The first kappa shape index (κ1) is 24.3. The molecule has 182 valence electrons. The van der Waals surface area contributed by atoms with Crippen molar-refractivity contribution < 1.29 is 26.1 Å². The Labute approximate surface area is 201 Å². The van der Waals surface area contributed by atoms with E-state index in [0.29, 0.717) is 16.8 Å². The van der Waals surface area contributed by atoms with Crippen molar-refractivity contribution >= 4 is 37.1 Å². The van der Waals surface area contributed by atoms with Crippen LogP contribution >= 0.6 is 0 Å². The van der Waals surface area contributed by atoms with Crippen molar-refractivity contribution in [2.24, 2.45) is 5.10 Å². The van der Waals surface area contributed by atoms with Crippen molar-refractivity contribution in [1.29, 1.82) is 0 Å². The van der Waals surface area contributed by atoms with Crippen LogP contribution in [-0.4, -0.2) is 38.1 Å². The van der Waals surface area contributed by atoms with Gasteiger partial charge in [-0.25, -0.2) is 12.8 Å². The number of sulfonamides is 2. The number of nitrogens with zero attached hydrogens (tertiary/aromatic N) is 3. The first-order chi connectivity index (χ1) is 16.4. The zero-order valence-corrected chi connectivity index (χ0v) is 19.8. The summed E-state index contributed by atoms with van der Waals surface area (Å²) in [5, 5.41) is 15.6. The molecule has 0 spiro atoms. The van der Waals surface area contributed by atoms with E-state index in [1.807, 2.05) is 0 Å². The van der Waals surface area contributed by atoms with Gasteiger partial charge in [-0.3, -0.25) is 14.8 Å². The van der Waals surface area contributed by atoms with Gasteiger partial charge in [0.1, 0.15) is 5.82 Å². The molecule has 0 amide bonds. The summed E-state index contributed by atoms with van der Waals surface area (Å²) in [6.07, 6.45) is 1.06. The van der Waals surface area contributed by atoms with E-state index in [1.165, 1.54) is 30.3 Å². The zero-order valence-electron chi connectivity index (χ0n) is 18.2. The van der Waals surface area contributed by atoms with Crippen LogP contribution < -0.4 is 4.72 Å². The smallest absolute Gasteiger partial charge is 0.279 e. The minimum atomic E-state index is -4.27. The number of non-ortho nitro benzene ring substituents is 1. The normalized spacial score (nSPS) is 16.1. The fraction of sp³-hybridized carbons (Fsp3) is 0.136. The highest BCUT2D eigenvalue weighted by atomic mass is 32.2. The largest absolute Gasteiger partial charge is 0.284 e. The monoisotopic (exact) mass is 518 g/mol. The van der Waals surface area contributed by atoms with Crippen molar-refractivity contribution in [1.82, 2.24) is 4.41 Å². The second-order valence-electron chi connectivity index (χ2n) is 7.81. The number of hydrogen-bond donors (Lipinski definition) is 1. The average Bonchev–Trinajstić information content (AvgIpc) is 3.25. The Balaban J connectivity index is 1.80. The second kappa shape index (κ2) is 9.07. The van der Waals surface area contributed by atoms with Gasteiger partial charge in [-0.2, -0.15) is 17.9 Å². The maximum absolute atomic E-state index is 13.5. The van der Waals surface area contributed by atoms with Crippen molar-refractivity contribution in [3.05, 3.63) is 99.9 Å². The standard InChI is InChI=1S/C22H19FN4O6S2/c1-34(30,31)25-18-6-2-4-15(12-18)21-14-22(16-5-3-7-19(13-16)27(28)29)26(24-21)35(32,33)20-10-8-17(23)9-11-20/h2-13,22,25H,14H2,1H3/t22-/m1/s1. The topological polar surface area (TPSA) is 139 Å². The molecular weight excluding hydrogens is 499 g/mol. The average molecular weight is 519 g/mol. The highest BCUT2D eigenvalue weighted by Gasteiger charge is 2.38. The third-order valence-corrected chi connectivity index (χ3v) is 7.50. The summed E-state index contributed by atoms with van der Waals surface area (Å²) in [5.41, 5.74) is 1.18. The molecule has 3 aromatic carbocycles. The predicted molar refractivity (Wildman–Crippen MR) is 127 cm³/mol. The number of halogens is 1. The van der Waals surface area contributed by atoms with E-state index in [-0.39, 0.29) is 22.7 Å². The van der Waals surface area contributed by atoms with E-state index in [9.17, 15) is 31.3 Å². The van der Waals surface area contributed by atoms with Crippen LogP contribution in [0.2, 0.25) is 0 Å². The fourth-order valence-corrected chi connectivity index (χ4v) is 5.66. The predicted octanol–water partition coefficient (Wildman–Crippen LogP) is 3.65. The Morgan fingerprint density at radius 3 is 2.37 bits per heavy atom. The third kappa shape index (κ3) is 5.30. The molecule has 3 aromatic rings. The van der Waals surface area contributed by atoms with Gasteiger partial charge in [0.25, 0.3) is 15.7 Å². The molecule has 1 N–H and O–H groups in total. The van der Waals surface area contributed by atoms with Crippen LogP contribution in [0.1, 0.15) is 23.6 Å². The first-order valence-electron chi connectivity index (χ1n) is 10.1. The van der Waals surface area contributed by atoms with Crippen LogP contribution in [0, 0.1) is 15.9 Å². The number of anilines is 1. The lowest BCUT2D eigenvalue weighted by atomic mass is 9.98. The van der Waals surface area contributed by atoms with Crippen molar-refractivity contribution in [3.8, 4) is 0 Å². The molecule has 35 heavy (non-hydrogen) atoms. The Bertz CT molecular complexity index is 1540. The number of hydrazone groups is 1. The van der Waals surface area contributed by atoms with E-state index < -0.39 is 36.8 Å². The molecule has 1 aliphatic heterocycles. The van der Waals surface area contributed by atoms with Gasteiger partial charge in [-0.1, -0.05) is 24.3 Å². The molecule has 1 heterocycles. The van der Waals surface area contributed by atoms with E-state index >= 15 is 0 Å². The molecule has 10 nitrogen and oxygen atoms in total. The molecule has 1 atom stereocenters. The number of nitrogens with one attached hydrogen (secondary N) is 1. The minimum absolute atomic E-state index is 0.0594. The molecule has 13 heteroatoms. The molecule has 0 aliphatic carbocycles. The molecule has 0 unspecified atom stereocenters. The number of nitro groups is 1. The van der Waals surface area contributed by atoms with E-state index in [1.54, 1.807) is 18.2 Å². The van der Waals surface area contributed by atoms with Gasteiger partial charge in [0.05, 0.1) is 27.8 Å². The van der Waals surface area contributed by atoms with Crippen molar-refractivity contribution in [2.75, 3.05) is 11.0 Å². The highest BCUT2D eigenvalue weighted by molar-refractivity contribution is 7.92. The number of rotatable bonds is 7. The van der Waals surface area contributed by atoms with Crippen molar-refractivity contribution in [2.45, 2.75) is 17.4 Å². The van der Waals surface area contributed by atoms with Gasteiger partial charge in [0, 0.05) is 24.2 Å². The summed E-state index contributed by atoms with van der Waals surface area (Å²) < 4.78 is 66.7. The Hall–Kier alpha value is -3.84. The van der Waals surface area contributed by atoms with Gasteiger partial charge in [-0.05, 0) is 47.5 Å². The molecular formula is C22H19FN4O6S2. The summed E-state index contributed by atoms with van der Waals surface area (Å²) in [5.74, 6) is -0.611. The van der Waals surface area contributed by atoms with Crippen LogP contribution in [0.15, 0.2) is 82.8 Å². The lowest BCUT2D eigenvalue weighted by Crippen LogP contribution is -2.27. The van der Waals surface area contributed by atoms with Crippen LogP contribution in [0.3, 0.4) is 0 Å². The Kier molecular flexibility index (Phi) is 6.30. The summed E-state index contributed by atoms with van der Waals surface area (Å²) >= 11 is 0. The molecule has 0 saturated carbocycles. The van der Waals surface area contributed by atoms with Crippen LogP contribution in [0.25, 0.3) is 0 Å². The summed E-state index contributed by atoms with van der Waals surface area (Å²) in [6, 6.07) is 15.2. The molecule has 0 aromatic heterocycles. The van der Waals surface area contributed by atoms with Gasteiger partial charge in [-0.15, -0.1) is 0 Å². The van der Waals surface area contributed by atoms with Crippen LogP contribution in [0.4, 0.5) is 15.8 Å². The van der Waals surface area contributed by atoms with Gasteiger partial charge < -0.3 is 0 Å². The molecule has 4 rings (SSSR count). The maximum Gasteiger partial charge on any atom is 0.279 e. The van der Waals surface area contributed by atoms with Crippen LogP contribution in [0.5, 0.6) is 0 Å². The van der Waals surface area contributed by atoms with E-state index in [0.717, 1.165) is 34.9 Å². The number of hydrogen-bond acceptors (Lipinski definition) is 7. The Morgan fingerprint density at radius 2 is 1.71 bits per heavy atom. The maximum atomic E-state index is 13.5. The summed E-state index contributed by atoms with van der Waals surface area (Å²) in [7, 11) is -7.82. The minimum Gasteiger partial charge on any atom is -0.284 e. The van der Waals surface area contributed by atoms with Gasteiger partial charge in [0.15, 0.2) is 0 Å². The van der Waals surface area contributed by atoms with E-state index in [2.05, 4.69) is 9.82 Å². The highest BCUT2D eigenvalue weighted by Crippen LogP contribution is 2.38. The summed E-state index contributed by atoms with van der Waals surface area (Å²) in [6.45, 7) is 0.